The molecule has 4 heteroatoms. The van der Waals surface area contributed by atoms with Crippen molar-refractivity contribution in [1.82, 2.24) is 10.6 Å². The van der Waals surface area contributed by atoms with Gasteiger partial charge >= 0.3 is 0 Å². The molecule has 1 heterocycles. The number of nitrogens with one attached hydrogen (secondary N) is 2. The first-order chi connectivity index (χ1) is 9.19. The highest BCUT2D eigenvalue weighted by molar-refractivity contribution is 5.89. The molecule has 5 rings (SSSR count). The van der Waals surface area contributed by atoms with Crippen molar-refractivity contribution in [3.05, 3.63) is 0 Å². The van der Waals surface area contributed by atoms with Gasteiger partial charge < -0.3 is 10.6 Å². The summed E-state index contributed by atoms with van der Waals surface area (Å²) in [6.45, 7) is 0.526. The molecule has 0 spiro atoms. The zero-order valence-corrected chi connectivity index (χ0v) is 11.2. The average Bonchev–Trinajstić information content (AvgIpc) is 2.79. The van der Waals surface area contributed by atoms with Crippen LogP contribution in [-0.4, -0.2) is 24.4 Å². The summed E-state index contributed by atoms with van der Waals surface area (Å²) < 4.78 is 0. The van der Waals surface area contributed by atoms with Crippen LogP contribution in [0.5, 0.6) is 0 Å². The second kappa shape index (κ2) is 4.22. The van der Waals surface area contributed by atoms with Gasteiger partial charge in [-0.15, -0.1) is 0 Å². The first-order valence-corrected chi connectivity index (χ1v) is 7.76. The highest BCUT2D eigenvalue weighted by Gasteiger charge is 2.49. The number of hydrogen-bond acceptors (Lipinski definition) is 2. The van der Waals surface area contributed by atoms with Crippen LogP contribution < -0.4 is 10.6 Å². The lowest BCUT2D eigenvalue weighted by Crippen LogP contribution is -2.56. The van der Waals surface area contributed by atoms with Gasteiger partial charge in [-0.25, -0.2) is 0 Å². The zero-order chi connectivity index (χ0) is 13.0. The molecule has 0 radical (unpaired) electrons. The molecule has 4 aliphatic carbocycles. The first-order valence-electron chi connectivity index (χ1n) is 7.76. The molecule has 1 saturated heterocycles. The molecule has 4 nitrogen and oxygen atoms in total. The molecule has 4 bridgehead atoms. The van der Waals surface area contributed by atoms with Crippen LogP contribution >= 0.6 is 0 Å². The fourth-order valence-electron chi connectivity index (χ4n) is 5.23. The van der Waals surface area contributed by atoms with Crippen LogP contribution in [0.2, 0.25) is 0 Å². The summed E-state index contributed by atoms with van der Waals surface area (Å²) in [4.78, 5) is 23.5. The van der Waals surface area contributed by atoms with Crippen molar-refractivity contribution in [1.29, 1.82) is 0 Å². The van der Waals surface area contributed by atoms with Crippen LogP contribution in [0.25, 0.3) is 0 Å². The maximum absolute atomic E-state index is 12.3. The van der Waals surface area contributed by atoms with E-state index in [0.29, 0.717) is 30.8 Å². The molecule has 104 valence electrons. The van der Waals surface area contributed by atoms with Crippen molar-refractivity contribution < 1.29 is 9.59 Å². The van der Waals surface area contributed by atoms with Crippen molar-refractivity contribution in [3.8, 4) is 0 Å². The van der Waals surface area contributed by atoms with E-state index in [1.807, 2.05) is 0 Å². The minimum absolute atomic E-state index is 0.0187. The Balaban J connectivity index is 1.43. The Kier molecular flexibility index (Phi) is 2.61. The quantitative estimate of drug-likeness (QED) is 0.782. The first kappa shape index (κ1) is 11.7. The molecule has 5 fully saturated rings. The van der Waals surface area contributed by atoms with Gasteiger partial charge in [-0.05, 0) is 55.8 Å². The van der Waals surface area contributed by atoms with Crippen LogP contribution in [0.15, 0.2) is 0 Å². The lowest BCUT2D eigenvalue weighted by atomic mass is 9.54. The van der Waals surface area contributed by atoms with Gasteiger partial charge in [-0.3, -0.25) is 9.59 Å². The van der Waals surface area contributed by atoms with E-state index in [4.69, 9.17) is 0 Å². The number of hydrogen-bond donors (Lipinski definition) is 2. The summed E-state index contributed by atoms with van der Waals surface area (Å²) in [7, 11) is 0. The number of amides is 2. The summed E-state index contributed by atoms with van der Waals surface area (Å²) in [6, 6.07) is 0.399. The molecule has 1 unspecified atom stereocenters. The van der Waals surface area contributed by atoms with Crippen LogP contribution in [-0.2, 0) is 9.59 Å². The highest BCUT2D eigenvalue weighted by atomic mass is 16.2. The molecular formula is C15H22N2O2. The maximum atomic E-state index is 12.3. The van der Waals surface area contributed by atoms with Crippen LogP contribution in [0.4, 0.5) is 0 Å². The number of carbonyl (C=O) groups excluding carboxylic acids is 2. The summed E-state index contributed by atoms with van der Waals surface area (Å²) in [5.74, 6) is 3.29. The Labute approximate surface area is 113 Å². The maximum Gasteiger partial charge on any atom is 0.225 e. The minimum atomic E-state index is -0.135. The topological polar surface area (TPSA) is 58.2 Å². The van der Waals surface area contributed by atoms with Crippen LogP contribution in [0, 0.1) is 29.6 Å². The van der Waals surface area contributed by atoms with Crippen molar-refractivity contribution in [2.24, 2.45) is 29.6 Å². The summed E-state index contributed by atoms with van der Waals surface area (Å²) in [5.41, 5.74) is 0. The van der Waals surface area contributed by atoms with Gasteiger partial charge in [0.15, 0.2) is 0 Å². The minimum Gasteiger partial charge on any atom is -0.355 e. The third kappa shape index (κ3) is 1.96. The van der Waals surface area contributed by atoms with Gasteiger partial charge in [0.2, 0.25) is 11.8 Å². The third-order valence-corrected chi connectivity index (χ3v) is 5.88. The standard InChI is InChI=1S/C15H22N2O2/c18-13-6-12(7-16-13)15(19)17-14-10-2-8-1-9(4-10)5-11(14)3-8/h8-12,14H,1-7H2,(H,16,18)(H,17,19). The van der Waals surface area contributed by atoms with Crippen molar-refractivity contribution in [2.45, 2.75) is 44.6 Å². The van der Waals surface area contributed by atoms with E-state index in [0.717, 1.165) is 11.8 Å². The third-order valence-electron chi connectivity index (χ3n) is 5.88. The van der Waals surface area contributed by atoms with E-state index in [2.05, 4.69) is 10.6 Å². The molecule has 1 aliphatic heterocycles. The zero-order valence-electron chi connectivity index (χ0n) is 11.2. The second-order valence-corrected chi connectivity index (χ2v) is 7.17. The number of rotatable bonds is 2. The predicted molar refractivity (Wildman–Crippen MR) is 70.1 cm³/mol. The molecule has 0 aromatic rings. The molecule has 5 aliphatic rings. The Morgan fingerprint density at radius 2 is 1.68 bits per heavy atom. The smallest absolute Gasteiger partial charge is 0.225 e. The Hall–Kier alpha value is -1.06. The molecule has 2 N–H and O–H groups in total. The fourth-order valence-corrected chi connectivity index (χ4v) is 5.23. The predicted octanol–water partition coefficient (Wildman–Crippen LogP) is 1.06. The van der Waals surface area contributed by atoms with Crippen molar-refractivity contribution in [3.63, 3.8) is 0 Å². The van der Waals surface area contributed by atoms with E-state index in [-0.39, 0.29) is 17.7 Å². The van der Waals surface area contributed by atoms with Gasteiger partial charge in [0.25, 0.3) is 0 Å². The summed E-state index contributed by atoms with van der Waals surface area (Å²) in [5, 5.41) is 6.05. The molecule has 19 heavy (non-hydrogen) atoms. The van der Waals surface area contributed by atoms with Crippen molar-refractivity contribution >= 4 is 11.8 Å². The highest BCUT2D eigenvalue weighted by Crippen LogP contribution is 2.53. The van der Waals surface area contributed by atoms with Crippen molar-refractivity contribution in [2.75, 3.05) is 6.54 Å². The monoisotopic (exact) mass is 262 g/mol. The van der Waals surface area contributed by atoms with E-state index >= 15 is 0 Å². The van der Waals surface area contributed by atoms with Gasteiger partial charge in [-0.2, -0.15) is 0 Å². The lowest BCUT2D eigenvalue weighted by Gasteiger charge is -2.54. The van der Waals surface area contributed by atoms with Gasteiger partial charge in [0.05, 0.1) is 5.92 Å². The molecule has 0 aromatic heterocycles. The fraction of sp³-hybridized carbons (Fsp3) is 0.867. The van der Waals surface area contributed by atoms with Crippen LogP contribution in [0.1, 0.15) is 38.5 Å². The molecule has 4 saturated carbocycles. The Morgan fingerprint density at radius 1 is 1.05 bits per heavy atom. The normalized spacial score (nSPS) is 47.3. The van der Waals surface area contributed by atoms with Gasteiger partial charge in [0, 0.05) is 19.0 Å². The summed E-state index contributed by atoms with van der Waals surface area (Å²) in [6.07, 6.45) is 7.09. The van der Waals surface area contributed by atoms with E-state index in [1.165, 1.54) is 32.1 Å². The van der Waals surface area contributed by atoms with E-state index < -0.39 is 0 Å². The van der Waals surface area contributed by atoms with Gasteiger partial charge in [0.1, 0.15) is 0 Å². The lowest BCUT2D eigenvalue weighted by molar-refractivity contribution is -0.129. The molecular weight excluding hydrogens is 240 g/mol. The largest absolute Gasteiger partial charge is 0.355 e. The Bertz CT molecular complexity index is 392. The van der Waals surface area contributed by atoms with Crippen LogP contribution in [0.3, 0.4) is 0 Å². The van der Waals surface area contributed by atoms with E-state index in [1.54, 1.807) is 0 Å². The summed E-state index contributed by atoms with van der Waals surface area (Å²) >= 11 is 0. The Morgan fingerprint density at radius 3 is 2.21 bits per heavy atom. The molecule has 0 aromatic carbocycles. The number of carbonyl (C=O) groups is 2. The second-order valence-electron chi connectivity index (χ2n) is 7.17. The average molecular weight is 262 g/mol. The SMILES string of the molecule is O=C1CC(C(=O)NC2C3CC4CC(C3)CC2C4)CN1. The van der Waals surface area contributed by atoms with Gasteiger partial charge in [-0.1, -0.05) is 0 Å². The van der Waals surface area contributed by atoms with E-state index in [9.17, 15) is 9.59 Å². The molecule has 1 atom stereocenters. The molecule has 2 amide bonds.